The monoisotopic (exact) mass is 719 g/mol. The maximum atomic E-state index is 14.8. The van der Waals surface area contributed by atoms with Gasteiger partial charge in [-0.15, -0.1) is 0 Å². The van der Waals surface area contributed by atoms with E-state index in [1.54, 1.807) is 54.6 Å². The molecule has 0 aromatic heterocycles. The number of benzene rings is 4. The van der Waals surface area contributed by atoms with Crippen molar-refractivity contribution in [1.82, 2.24) is 10.2 Å². The zero-order chi connectivity index (χ0) is 35.1. The van der Waals surface area contributed by atoms with Crippen molar-refractivity contribution in [3.63, 3.8) is 0 Å². The van der Waals surface area contributed by atoms with Gasteiger partial charge in [-0.05, 0) is 78.8 Å². The first-order chi connectivity index (χ1) is 23.4. The molecular formula is C39H43Cl2N3O4S. The van der Waals surface area contributed by atoms with Crippen LogP contribution in [0, 0.1) is 6.92 Å². The lowest BCUT2D eigenvalue weighted by Crippen LogP contribution is -2.54. The molecule has 1 N–H and O–H groups in total. The quantitative estimate of drug-likeness (QED) is 0.151. The van der Waals surface area contributed by atoms with Crippen molar-refractivity contribution in [3.05, 3.63) is 129 Å². The van der Waals surface area contributed by atoms with E-state index in [-0.39, 0.29) is 35.7 Å². The number of anilines is 1. The maximum Gasteiger partial charge on any atom is 0.264 e. The lowest BCUT2D eigenvalue weighted by atomic mass is 10.0. The Bertz CT molecular complexity index is 1840. The molecule has 49 heavy (non-hydrogen) atoms. The topological polar surface area (TPSA) is 86.8 Å². The van der Waals surface area contributed by atoms with Gasteiger partial charge in [0.15, 0.2) is 0 Å². The van der Waals surface area contributed by atoms with E-state index in [1.807, 2.05) is 49.4 Å². The zero-order valence-electron chi connectivity index (χ0n) is 28.1. The molecule has 1 aliphatic rings. The molecule has 0 heterocycles. The van der Waals surface area contributed by atoms with Crippen molar-refractivity contribution in [2.45, 2.75) is 82.3 Å². The summed E-state index contributed by atoms with van der Waals surface area (Å²) in [5, 5.41) is 3.97. The van der Waals surface area contributed by atoms with Crippen LogP contribution in [-0.4, -0.2) is 43.8 Å². The van der Waals surface area contributed by atoms with Crippen LogP contribution in [0.15, 0.2) is 102 Å². The fourth-order valence-corrected chi connectivity index (χ4v) is 8.03. The van der Waals surface area contributed by atoms with Crippen molar-refractivity contribution >= 4 is 50.7 Å². The van der Waals surface area contributed by atoms with E-state index in [0.29, 0.717) is 21.3 Å². The van der Waals surface area contributed by atoms with Gasteiger partial charge >= 0.3 is 0 Å². The minimum atomic E-state index is -4.20. The standard InChI is InChI=1S/C39H43Cl2N3O4S/c1-27(2)30-16-19-34(20-17-30)44(49(47,48)35-21-13-28(3)14-22-35)26-38(45)43(25-31-15-18-32(40)24-36(31)41)37(23-29-9-5-4-6-10-29)39(46)42-33-11-7-8-12-33/h4-6,9-10,13-22,24,27,33,37H,7-8,11-12,23,25-26H2,1-3H3,(H,42,46). The molecule has 0 aliphatic heterocycles. The van der Waals surface area contributed by atoms with E-state index in [4.69, 9.17) is 23.2 Å². The number of hydrogen-bond donors (Lipinski definition) is 1. The van der Waals surface area contributed by atoms with Gasteiger partial charge in [0.05, 0.1) is 10.6 Å². The summed E-state index contributed by atoms with van der Waals surface area (Å²) in [6.45, 7) is 5.43. The minimum absolute atomic E-state index is 0.0136. The second-order valence-electron chi connectivity index (χ2n) is 13.0. The number of carbonyl (C=O) groups is 2. The summed E-state index contributed by atoms with van der Waals surface area (Å²) in [6.07, 6.45) is 4.02. The number of carbonyl (C=O) groups excluding carboxylic acids is 2. The Morgan fingerprint density at radius 1 is 0.878 bits per heavy atom. The van der Waals surface area contributed by atoms with Crippen LogP contribution in [0.3, 0.4) is 0 Å². The van der Waals surface area contributed by atoms with E-state index < -0.39 is 28.5 Å². The van der Waals surface area contributed by atoms with E-state index in [2.05, 4.69) is 19.2 Å². The number of sulfonamides is 1. The Morgan fingerprint density at radius 3 is 2.14 bits per heavy atom. The molecule has 258 valence electrons. The van der Waals surface area contributed by atoms with Crippen LogP contribution in [-0.2, 0) is 32.6 Å². The van der Waals surface area contributed by atoms with Crippen molar-refractivity contribution in [1.29, 1.82) is 0 Å². The molecule has 10 heteroatoms. The number of halogens is 2. The number of nitrogens with one attached hydrogen (secondary N) is 1. The molecule has 2 amide bonds. The number of nitrogens with zero attached hydrogens (tertiary/aromatic N) is 2. The SMILES string of the molecule is Cc1ccc(S(=O)(=O)N(CC(=O)N(Cc2ccc(Cl)cc2Cl)C(Cc2ccccc2)C(=O)NC2CCCC2)c2ccc(C(C)C)cc2)cc1. The predicted molar refractivity (Wildman–Crippen MR) is 198 cm³/mol. The Hall–Kier alpha value is -3.85. The molecule has 1 unspecified atom stereocenters. The first-order valence-corrected chi connectivity index (χ1v) is 18.9. The Balaban J connectivity index is 1.59. The third-order valence-corrected chi connectivity index (χ3v) is 11.4. The highest BCUT2D eigenvalue weighted by Crippen LogP contribution is 2.29. The van der Waals surface area contributed by atoms with Gasteiger partial charge in [-0.1, -0.05) is 116 Å². The molecule has 1 atom stereocenters. The molecule has 4 aromatic carbocycles. The van der Waals surface area contributed by atoms with Crippen LogP contribution in [0.5, 0.6) is 0 Å². The summed E-state index contributed by atoms with van der Waals surface area (Å²) in [4.78, 5) is 30.5. The molecule has 7 nitrogen and oxygen atoms in total. The van der Waals surface area contributed by atoms with Gasteiger partial charge in [0, 0.05) is 29.1 Å². The van der Waals surface area contributed by atoms with E-state index in [1.165, 1.54) is 4.90 Å². The Morgan fingerprint density at radius 2 is 1.53 bits per heavy atom. The Kier molecular flexibility index (Phi) is 12.1. The van der Waals surface area contributed by atoms with E-state index in [0.717, 1.165) is 46.7 Å². The predicted octanol–water partition coefficient (Wildman–Crippen LogP) is 8.32. The maximum absolute atomic E-state index is 14.8. The van der Waals surface area contributed by atoms with Gasteiger partial charge in [0.1, 0.15) is 12.6 Å². The van der Waals surface area contributed by atoms with Crippen LogP contribution >= 0.6 is 23.2 Å². The van der Waals surface area contributed by atoms with Crippen molar-refractivity contribution in [2.75, 3.05) is 10.8 Å². The molecule has 0 bridgehead atoms. The normalized spacial score (nSPS) is 14.1. The number of amides is 2. The smallest absolute Gasteiger partial charge is 0.264 e. The van der Waals surface area contributed by atoms with Crippen LogP contribution in [0.1, 0.15) is 67.7 Å². The molecule has 0 radical (unpaired) electrons. The number of aryl methyl sites for hydroxylation is 1. The average molecular weight is 721 g/mol. The summed E-state index contributed by atoms with van der Waals surface area (Å²) >= 11 is 12.9. The highest BCUT2D eigenvalue weighted by molar-refractivity contribution is 7.92. The third kappa shape index (κ3) is 9.24. The largest absolute Gasteiger partial charge is 0.352 e. The van der Waals surface area contributed by atoms with Crippen LogP contribution in [0.25, 0.3) is 0 Å². The summed E-state index contributed by atoms with van der Waals surface area (Å²) in [7, 11) is -4.20. The first-order valence-electron chi connectivity index (χ1n) is 16.7. The van der Waals surface area contributed by atoms with Crippen LogP contribution < -0.4 is 9.62 Å². The Labute approximate surface area is 300 Å². The number of rotatable bonds is 13. The second kappa shape index (κ2) is 16.2. The first kappa shape index (κ1) is 36.4. The molecule has 1 fully saturated rings. The van der Waals surface area contributed by atoms with Gasteiger partial charge in [-0.25, -0.2) is 8.42 Å². The van der Waals surface area contributed by atoms with Crippen molar-refractivity contribution in [3.8, 4) is 0 Å². The summed E-state index contributed by atoms with van der Waals surface area (Å²) in [6, 6.07) is 27.3. The molecule has 4 aromatic rings. The summed E-state index contributed by atoms with van der Waals surface area (Å²) < 4.78 is 29.8. The highest BCUT2D eigenvalue weighted by Gasteiger charge is 2.36. The van der Waals surface area contributed by atoms with E-state index in [9.17, 15) is 18.0 Å². The third-order valence-electron chi connectivity index (χ3n) is 9.06. The molecule has 1 aliphatic carbocycles. The zero-order valence-corrected chi connectivity index (χ0v) is 30.4. The van der Waals surface area contributed by atoms with Crippen molar-refractivity contribution < 1.29 is 18.0 Å². The van der Waals surface area contributed by atoms with Crippen LogP contribution in [0.4, 0.5) is 5.69 Å². The van der Waals surface area contributed by atoms with Crippen molar-refractivity contribution in [2.24, 2.45) is 0 Å². The molecular weight excluding hydrogens is 677 g/mol. The molecule has 1 saturated carbocycles. The fourth-order valence-electron chi connectivity index (χ4n) is 6.15. The summed E-state index contributed by atoms with van der Waals surface area (Å²) in [5.41, 5.74) is 3.74. The van der Waals surface area contributed by atoms with Gasteiger partial charge < -0.3 is 10.2 Å². The summed E-state index contributed by atoms with van der Waals surface area (Å²) in [5.74, 6) is -0.602. The lowest BCUT2D eigenvalue weighted by molar-refractivity contribution is -0.140. The van der Waals surface area contributed by atoms with E-state index >= 15 is 0 Å². The highest BCUT2D eigenvalue weighted by atomic mass is 35.5. The number of hydrogen-bond acceptors (Lipinski definition) is 4. The average Bonchev–Trinajstić information content (AvgIpc) is 3.59. The van der Waals surface area contributed by atoms with Gasteiger partial charge in [-0.2, -0.15) is 0 Å². The minimum Gasteiger partial charge on any atom is -0.352 e. The molecule has 0 saturated heterocycles. The fraction of sp³-hybridized carbons (Fsp3) is 0.333. The van der Waals surface area contributed by atoms with Gasteiger partial charge in [-0.3, -0.25) is 13.9 Å². The van der Waals surface area contributed by atoms with Gasteiger partial charge in [0.25, 0.3) is 10.0 Å². The molecule has 0 spiro atoms. The van der Waals surface area contributed by atoms with Gasteiger partial charge in [0.2, 0.25) is 11.8 Å². The second-order valence-corrected chi connectivity index (χ2v) is 15.7. The van der Waals surface area contributed by atoms with Crippen LogP contribution in [0.2, 0.25) is 10.0 Å². The molecule has 5 rings (SSSR count). The lowest BCUT2D eigenvalue weighted by Gasteiger charge is -2.34.